The van der Waals surface area contributed by atoms with Gasteiger partial charge in [-0.05, 0) is 41.8 Å². The third-order valence-electron chi connectivity index (χ3n) is 3.99. The van der Waals surface area contributed by atoms with Crippen LogP contribution in [0.25, 0.3) is 15.8 Å². The van der Waals surface area contributed by atoms with Crippen molar-refractivity contribution in [2.75, 3.05) is 19.3 Å². The van der Waals surface area contributed by atoms with Crippen molar-refractivity contribution in [1.82, 2.24) is 4.90 Å². The van der Waals surface area contributed by atoms with Gasteiger partial charge in [-0.1, -0.05) is 25.6 Å². The molecule has 1 aromatic carbocycles. The molecule has 0 bridgehead atoms. The number of benzene rings is 1. The molecule has 0 aliphatic carbocycles. The number of aliphatic imine (C=N–C) groups is 1. The Kier molecular flexibility index (Phi) is 3.75. The first-order valence-corrected chi connectivity index (χ1v) is 10.3. The lowest BCUT2D eigenvalue weighted by molar-refractivity contribution is 0.642. The minimum atomic E-state index is 0.542. The highest BCUT2D eigenvalue weighted by molar-refractivity contribution is 8.17. The van der Waals surface area contributed by atoms with Crippen LogP contribution in [0, 0.1) is 5.92 Å². The van der Waals surface area contributed by atoms with Crippen molar-refractivity contribution in [2.24, 2.45) is 10.9 Å². The fourth-order valence-corrected chi connectivity index (χ4v) is 5.73. The second-order valence-corrected chi connectivity index (χ2v) is 8.77. The SMILES string of the molecule is CSc1ccc2sc(C3=C(C(C)C)SC4=NCCN43)cc2c1. The highest BCUT2D eigenvalue weighted by Gasteiger charge is 2.34. The summed E-state index contributed by atoms with van der Waals surface area (Å²) in [6.45, 7) is 6.52. The van der Waals surface area contributed by atoms with E-state index in [9.17, 15) is 0 Å². The summed E-state index contributed by atoms with van der Waals surface area (Å²) in [7, 11) is 0. The summed E-state index contributed by atoms with van der Waals surface area (Å²) in [4.78, 5) is 11.3. The molecule has 2 aliphatic heterocycles. The first kappa shape index (κ1) is 14.7. The van der Waals surface area contributed by atoms with Gasteiger partial charge in [-0.2, -0.15) is 0 Å². The van der Waals surface area contributed by atoms with Gasteiger partial charge < -0.3 is 4.90 Å². The second kappa shape index (κ2) is 5.62. The van der Waals surface area contributed by atoms with E-state index in [1.807, 2.05) is 23.1 Å². The van der Waals surface area contributed by atoms with E-state index >= 15 is 0 Å². The molecule has 0 radical (unpaired) electrons. The van der Waals surface area contributed by atoms with Crippen molar-refractivity contribution in [3.63, 3.8) is 0 Å². The molecule has 2 nitrogen and oxygen atoms in total. The molecule has 4 rings (SSSR count). The van der Waals surface area contributed by atoms with Crippen LogP contribution in [0.3, 0.4) is 0 Å². The molecule has 5 heteroatoms. The van der Waals surface area contributed by atoms with Gasteiger partial charge in [0.05, 0.1) is 17.1 Å². The van der Waals surface area contributed by atoms with Crippen LogP contribution in [-0.2, 0) is 0 Å². The molecule has 1 aromatic heterocycles. The number of hydrogen-bond donors (Lipinski definition) is 0. The third-order valence-corrected chi connectivity index (χ3v) is 7.25. The van der Waals surface area contributed by atoms with Crippen LogP contribution < -0.4 is 0 Å². The van der Waals surface area contributed by atoms with E-state index in [0.29, 0.717) is 5.92 Å². The van der Waals surface area contributed by atoms with Gasteiger partial charge in [-0.25, -0.2) is 0 Å². The molecule has 0 unspecified atom stereocenters. The molecule has 0 saturated carbocycles. The largest absolute Gasteiger partial charge is 0.317 e. The fourth-order valence-electron chi connectivity index (χ4n) is 2.91. The van der Waals surface area contributed by atoms with Gasteiger partial charge in [-0.15, -0.1) is 23.1 Å². The van der Waals surface area contributed by atoms with Crippen LogP contribution in [0.2, 0.25) is 0 Å². The predicted molar refractivity (Wildman–Crippen MR) is 102 cm³/mol. The van der Waals surface area contributed by atoms with Gasteiger partial charge in [0.15, 0.2) is 5.17 Å². The quantitative estimate of drug-likeness (QED) is 0.695. The molecule has 0 saturated heterocycles. The number of fused-ring (bicyclic) bond motifs is 2. The van der Waals surface area contributed by atoms with Crippen LogP contribution in [0.1, 0.15) is 18.7 Å². The van der Waals surface area contributed by atoms with Crippen molar-refractivity contribution in [3.05, 3.63) is 34.0 Å². The molecular weight excluding hydrogens is 328 g/mol. The minimum absolute atomic E-state index is 0.542. The first-order chi connectivity index (χ1) is 10.7. The number of rotatable bonds is 3. The molecule has 2 aromatic rings. The monoisotopic (exact) mass is 346 g/mol. The molecule has 114 valence electrons. The molecule has 3 heterocycles. The lowest BCUT2D eigenvalue weighted by Crippen LogP contribution is -2.19. The van der Waals surface area contributed by atoms with E-state index in [2.05, 4.69) is 54.3 Å². The zero-order valence-electron chi connectivity index (χ0n) is 12.9. The van der Waals surface area contributed by atoms with E-state index in [1.54, 1.807) is 11.8 Å². The second-order valence-electron chi connectivity index (χ2n) is 5.80. The molecule has 0 atom stereocenters. The van der Waals surface area contributed by atoms with E-state index in [4.69, 9.17) is 0 Å². The van der Waals surface area contributed by atoms with Crippen LogP contribution in [-0.4, -0.2) is 29.4 Å². The molecule has 0 spiro atoms. The Morgan fingerprint density at radius 1 is 1.27 bits per heavy atom. The van der Waals surface area contributed by atoms with Crippen LogP contribution >= 0.6 is 34.9 Å². The van der Waals surface area contributed by atoms with Gasteiger partial charge in [0, 0.05) is 21.0 Å². The summed E-state index contributed by atoms with van der Waals surface area (Å²) in [5.74, 6) is 0.542. The Balaban J connectivity index is 1.85. The number of thioether (sulfide) groups is 2. The number of hydrogen-bond acceptors (Lipinski definition) is 5. The molecule has 22 heavy (non-hydrogen) atoms. The molecular formula is C17H18N2S3. The first-order valence-electron chi connectivity index (χ1n) is 7.49. The van der Waals surface area contributed by atoms with E-state index < -0.39 is 0 Å². The summed E-state index contributed by atoms with van der Waals surface area (Å²) in [5.41, 5.74) is 1.41. The van der Waals surface area contributed by atoms with Crippen molar-refractivity contribution >= 4 is 55.8 Å². The van der Waals surface area contributed by atoms with Crippen LogP contribution in [0.15, 0.2) is 39.1 Å². The Bertz CT molecular complexity index is 801. The van der Waals surface area contributed by atoms with Crippen molar-refractivity contribution in [2.45, 2.75) is 18.7 Å². The maximum absolute atomic E-state index is 4.65. The zero-order valence-corrected chi connectivity index (χ0v) is 15.4. The number of allylic oxidation sites excluding steroid dienone is 1. The maximum atomic E-state index is 4.65. The lowest BCUT2D eigenvalue weighted by Gasteiger charge is -2.16. The zero-order chi connectivity index (χ0) is 15.3. The highest BCUT2D eigenvalue weighted by Crippen LogP contribution is 2.47. The molecule has 2 aliphatic rings. The molecule has 0 N–H and O–H groups in total. The maximum Gasteiger partial charge on any atom is 0.168 e. The standard InChI is InChI=1S/C17H18N2S3/c1-10(2)16-15(19-7-6-18-17(19)22-16)14-9-11-8-12(20-3)4-5-13(11)21-14/h4-5,8-10H,6-7H2,1-3H3. The fraction of sp³-hybridized carbons (Fsp3) is 0.353. The van der Waals surface area contributed by atoms with Gasteiger partial charge in [0.1, 0.15) is 0 Å². The summed E-state index contributed by atoms with van der Waals surface area (Å²) in [6.07, 6.45) is 2.13. The number of amidine groups is 1. The Morgan fingerprint density at radius 3 is 2.91 bits per heavy atom. The smallest absolute Gasteiger partial charge is 0.168 e. The predicted octanol–water partition coefficient (Wildman–Crippen LogP) is 5.37. The van der Waals surface area contributed by atoms with Gasteiger partial charge in [0.2, 0.25) is 0 Å². The minimum Gasteiger partial charge on any atom is -0.317 e. The van der Waals surface area contributed by atoms with E-state index in [0.717, 1.165) is 13.1 Å². The van der Waals surface area contributed by atoms with E-state index in [-0.39, 0.29) is 0 Å². The highest BCUT2D eigenvalue weighted by atomic mass is 32.2. The van der Waals surface area contributed by atoms with Gasteiger partial charge in [-0.3, -0.25) is 4.99 Å². The normalized spacial score (nSPS) is 17.8. The molecule has 0 amide bonds. The van der Waals surface area contributed by atoms with Crippen molar-refractivity contribution in [1.29, 1.82) is 0 Å². The number of nitrogens with zero attached hydrogens (tertiary/aromatic N) is 2. The lowest BCUT2D eigenvalue weighted by atomic mass is 10.1. The Labute approximate surface area is 143 Å². The summed E-state index contributed by atoms with van der Waals surface area (Å²) >= 11 is 5.58. The van der Waals surface area contributed by atoms with Crippen molar-refractivity contribution < 1.29 is 0 Å². The number of thiophene rings is 1. The molecule has 0 fully saturated rings. The Morgan fingerprint density at radius 2 is 2.14 bits per heavy atom. The van der Waals surface area contributed by atoms with Gasteiger partial charge >= 0.3 is 0 Å². The average Bonchev–Trinajstić information content (AvgIpc) is 3.18. The van der Waals surface area contributed by atoms with Gasteiger partial charge in [0.25, 0.3) is 0 Å². The Hall–Kier alpha value is -0.910. The summed E-state index contributed by atoms with van der Waals surface area (Å²) in [6, 6.07) is 9.14. The van der Waals surface area contributed by atoms with E-state index in [1.165, 1.54) is 35.6 Å². The summed E-state index contributed by atoms with van der Waals surface area (Å²) in [5, 5.41) is 2.55. The average molecular weight is 347 g/mol. The third kappa shape index (κ3) is 2.30. The van der Waals surface area contributed by atoms with Crippen LogP contribution in [0.4, 0.5) is 0 Å². The topological polar surface area (TPSA) is 15.6 Å². The van der Waals surface area contributed by atoms with Crippen LogP contribution in [0.5, 0.6) is 0 Å². The summed E-state index contributed by atoms with van der Waals surface area (Å²) < 4.78 is 1.37. The van der Waals surface area contributed by atoms with Crippen molar-refractivity contribution in [3.8, 4) is 0 Å².